The summed E-state index contributed by atoms with van der Waals surface area (Å²) in [7, 11) is 0. The first-order valence-electron chi connectivity index (χ1n) is 22.5. The number of hydrogen-bond acceptors (Lipinski definition) is 2. The Morgan fingerprint density at radius 1 is 0.431 bits per heavy atom. The van der Waals surface area contributed by atoms with Crippen LogP contribution in [-0.4, -0.2) is 10.6 Å². The molecule has 2 heterocycles. The second-order valence-corrected chi connectivity index (χ2v) is 17.2. The van der Waals surface area contributed by atoms with Crippen LogP contribution in [-0.2, 0) is 0 Å². The third-order valence-electron chi connectivity index (χ3n) is 13.5. The van der Waals surface area contributed by atoms with Crippen LogP contribution in [0.4, 0.5) is 11.4 Å². The molecule has 3 heteroatoms. The smallest absolute Gasteiger partial charge is 0.143 e. The first kappa shape index (κ1) is 37.2. The molecule has 1 aliphatic carbocycles. The molecule has 0 spiro atoms. The standard InChI is InChI=1S/C62H42N2O/c1-2-13-50-42(12-1)24-25-46-40-45(32-39-51(46)50)41-26-33-47(34-27-41)63(49-37-30-44(31-38-49)53-18-11-19-57-56-17-6-10-23-61(56)65-62(53)57)48-35-28-43(29-36-48)52-14-3-7-20-58(52)64-59-21-8-4-15-54(59)55-16-5-9-22-60(55)64/h1-33,35-40,47H,34H2. The lowest BCUT2D eigenvalue weighted by Gasteiger charge is -2.33. The van der Waals surface area contributed by atoms with Crippen LogP contribution in [0.1, 0.15) is 12.0 Å². The molecule has 306 valence electrons. The van der Waals surface area contributed by atoms with Crippen molar-refractivity contribution in [2.24, 2.45) is 0 Å². The van der Waals surface area contributed by atoms with Gasteiger partial charge in [0.05, 0.1) is 22.8 Å². The van der Waals surface area contributed by atoms with Crippen LogP contribution in [0.25, 0.3) is 98.8 Å². The lowest BCUT2D eigenvalue weighted by molar-refractivity contribution is 0.670. The van der Waals surface area contributed by atoms with Gasteiger partial charge in [0, 0.05) is 44.0 Å². The largest absolute Gasteiger partial charge is 0.455 e. The third-order valence-corrected chi connectivity index (χ3v) is 13.5. The molecule has 12 aromatic rings. The van der Waals surface area contributed by atoms with E-state index >= 15 is 0 Å². The van der Waals surface area contributed by atoms with Gasteiger partial charge in [-0.3, -0.25) is 0 Å². The van der Waals surface area contributed by atoms with Crippen LogP contribution in [0.5, 0.6) is 0 Å². The molecule has 1 aliphatic rings. The minimum Gasteiger partial charge on any atom is -0.455 e. The molecule has 13 rings (SSSR count). The van der Waals surface area contributed by atoms with Gasteiger partial charge in [-0.1, -0.05) is 182 Å². The molecule has 0 aliphatic heterocycles. The normalized spacial score (nSPS) is 14.0. The van der Waals surface area contributed by atoms with Gasteiger partial charge in [0.1, 0.15) is 11.2 Å². The van der Waals surface area contributed by atoms with Crippen molar-refractivity contribution >= 4 is 82.2 Å². The Bertz CT molecular complexity index is 3810. The van der Waals surface area contributed by atoms with Crippen molar-refractivity contribution in [3.8, 4) is 27.9 Å². The lowest BCUT2D eigenvalue weighted by Crippen LogP contribution is -2.30. The van der Waals surface area contributed by atoms with Crippen LogP contribution < -0.4 is 4.90 Å². The number of fused-ring (bicyclic) bond motifs is 9. The number of aromatic nitrogens is 1. The SMILES string of the molecule is C1=CC(N(c2ccc(-c3ccccc3-n3c4ccccc4c4ccccc43)cc2)c2ccc(-c3cccc4c3oc3ccccc34)cc2)CC=C1c1ccc2c(ccc3ccccc32)c1. The highest BCUT2D eigenvalue weighted by Gasteiger charge is 2.23. The summed E-state index contributed by atoms with van der Waals surface area (Å²) in [6.07, 6.45) is 7.97. The van der Waals surface area contributed by atoms with E-state index < -0.39 is 0 Å². The number of hydrogen-bond donors (Lipinski definition) is 0. The van der Waals surface area contributed by atoms with E-state index in [1.54, 1.807) is 0 Å². The monoisotopic (exact) mass is 830 g/mol. The summed E-state index contributed by atoms with van der Waals surface area (Å²) in [6.45, 7) is 0. The van der Waals surface area contributed by atoms with Gasteiger partial charge in [0.25, 0.3) is 0 Å². The minimum atomic E-state index is 0.101. The fourth-order valence-electron chi connectivity index (χ4n) is 10.4. The van der Waals surface area contributed by atoms with E-state index in [1.165, 1.54) is 71.3 Å². The second-order valence-electron chi connectivity index (χ2n) is 17.2. The van der Waals surface area contributed by atoms with E-state index in [4.69, 9.17) is 4.42 Å². The van der Waals surface area contributed by atoms with E-state index in [9.17, 15) is 0 Å². The average Bonchev–Trinajstić information content (AvgIpc) is 3.93. The zero-order chi connectivity index (χ0) is 42.8. The number of para-hydroxylation sites is 5. The number of nitrogens with zero attached hydrogens (tertiary/aromatic N) is 2. The molecule has 3 nitrogen and oxygen atoms in total. The van der Waals surface area contributed by atoms with E-state index in [2.05, 4.69) is 234 Å². The molecule has 65 heavy (non-hydrogen) atoms. The van der Waals surface area contributed by atoms with Gasteiger partial charge in [-0.25, -0.2) is 0 Å². The molecular weight excluding hydrogens is 789 g/mol. The summed E-state index contributed by atoms with van der Waals surface area (Å²) < 4.78 is 8.88. The van der Waals surface area contributed by atoms with Crippen molar-refractivity contribution in [3.05, 3.63) is 242 Å². The van der Waals surface area contributed by atoms with E-state index in [0.29, 0.717) is 0 Å². The van der Waals surface area contributed by atoms with Crippen LogP contribution in [0.2, 0.25) is 0 Å². The predicted octanol–water partition coefficient (Wildman–Crippen LogP) is 16.9. The van der Waals surface area contributed by atoms with Crippen molar-refractivity contribution in [1.82, 2.24) is 4.57 Å². The van der Waals surface area contributed by atoms with Crippen LogP contribution >= 0.6 is 0 Å². The second kappa shape index (κ2) is 15.1. The Kier molecular flexibility index (Phi) is 8.67. The van der Waals surface area contributed by atoms with Crippen LogP contribution in [0.15, 0.2) is 241 Å². The van der Waals surface area contributed by atoms with Crippen molar-refractivity contribution in [2.45, 2.75) is 12.5 Å². The van der Waals surface area contributed by atoms with Crippen molar-refractivity contribution in [2.75, 3.05) is 4.90 Å². The Balaban J connectivity index is 0.878. The quantitative estimate of drug-likeness (QED) is 0.149. The molecular formula is C62H42N2O. The fourth-order valence-corrected chi connectivity index (χ4v) is 10.4. The van der Waals surface area contributed by atoms with E-state index in [1.807, 2.05) is 12.1 Å². The molecule has 0 fully saturated rings. The summed E-state index contributed by atoms with van der Waals surface area (Å²) in [4.78, 5) is 2.49. The summed E-state index contributed by atoms with van der Waals surface area (Å²) >= 11 is 0. The molecule has 0 saturated heterocycles. The van der Waals surface area contributed by atoms with Gasteiger partial charge in [0.15, 0.2) is 0 Å². The highest BCUT2D eigenvalue weighted by Crippen LogP contribution is 2.41. The maximum Gasteiger partial charge on any atom is 0.143 e. The molecule has 1 unspecified atom stereocenters. The molecule has 1 atom stereocenters. The average molecular weight is 831 g/mol. The van der Waals surface area contributed by atoms with Crippen molar-refractivity contribution in [3.63, 3.8) is 0 Å². The predicted molar refractivity (Wildman–Crippen MR) is 274 cm³/mol. The molecule has 0 N–H and O–H groups in total. The van der Waals surface area contributed by atoms with Crippen molar-refractivity contribution < 1.29 is 4.42 Å². The van der Waals surface area contributed by atoms with Gasteiger partial charge < -0.3 is 13.9 Å². The number of anilines is 2. The Morgan fingerprint density at radius 2 is 1.00 bits per heavy atom. The molecule has 0 saturated carbocycles. The number of furan rings is 1. The molecule has 0 bridgehead atoms. The number of rotatable bonds is 7. The Morgan fingerprint density at radius 3 is 1.74 bits per heavy atom. The minimum absolute atomic E-state index is 0.101. The highest BCUT2D eigenvalue weighted by molar-refractivity contribution is 6.11. The molecule has 2 aromatic heterocycles. The van der Waals surface area contributed by atoms with Crippen LogP contribution in [0.3, 0.4) is 0 Å². The zero-order valence-electron chi connectivity index (χ0n) is 35.6. The third kappa shape index (κ3) is 6.19. The van der Waals surface area contributed by atoms with Crippen molar-refractivity contribution in [1.29, 1.82) is 0 Å². The van der Waals surface area contributed by atoms with Gasteiger partial charge in [-0.2, -0.15) is 0 Å². The Labute approximate surface area is 377 Å². The summed E-state index contributed by atoms with van der Waals surface area (Å²) in [5.41, 5.74) is 14.8. The maximum absolute atomic E-state index is 6.46. The van der Waals surface area contributed by atoms with Gasteiger partial charge in [-0.15, -0.1) is 0 Å². The topological polar surface area (TPSA) is 21.3 Å². The first-order chi connectivity index (χ1) is 32.2. The Hall–Kier alpha value is -8.40. The number of benzene rings is 10. The van der Waals surface area contributed by atoms with E-state index in [-0.39, 0.29) is 6.04 Å². The number of allylic oxidation sites excluding steroid dienone is 2. The highest BCUT2D eigenvalue weighted by atomic mass is 16.3. The first-order valence-corrected chi connectivity index (χ1v) is 22.5. The maximum atomic E-state index is 6.46. The zero-order valence-corrected chi connectivity index (χ0v) is 35.6. The van der Waals surface area contributed by atoms with Gasteiger partial charge in [0.2, 0.25) is 0 Å². The molecule has 0 amide bonds. The summed E-state index contributed by atoms with van der Waals surface area (Å²) in [5, 5.41) is 9.91. The van der Waals surface area contributed by atoms with Crippen LogP contribution in [0, 0.1) is 0 Å². The lowest BCUT2D eigenvalue weighted by atomic mass is 9.93. The van der Waals surface area contributed by atoms with E-state index in [0.717, 1.165) is 50.9 Å². The summed E-state index contributed by atoms with van der Waals surface area (Å²) in [6, 6.07) is 79.3. The summed E-state index contributed by atoms with van der Waals surface area (Å²) in [5.74, 6) is 0. The van der Waals surface area contributed by atoms with Gasteiger partial charge in [-0.05, 0) is 105 Å². The fraction of sp³-hybridized carbons (Fsp3) is 0.0323. The molecule has 0 radical (unpaired) electrons. The van der Waals surface area contributed by atoms with Gasteiger partial charge >= 0.3 is 0 Å². The molecule has 10 aromatic carbocycles.